The number of hydrazine groups is 1. The molecule has 0 radical (unpaired) electrons. The van der Waals surface area contributed by atoms with Gasteiger partial charge in [-0.3, -0.25) is 4.79 Å². The number of anilines is 1. The van der Waals surface area contributed by atoms with E-state index in [9.17, 15) is 9.18 Å². The number of hydrogen-bond acceptors (Lipinski definition) is 3. The molecular weight excluding hydrogens is 223 g/mol. The molecule has 0 saturated carbocycles. The van der Waals surface area contributed by atoms with E-state index in [4.69, 9.17) is 5.11 Å². The predicted octanol–water partition coefficient (Wildman–Crippen LogP) is 1.16. The van der Waals surface area contributed by atoms with Crippen molar-refractivity contribution in [3.63, 3.8) is 0 Å². The lowest BCUT2D eigenvalue weighted by Crippen LogP contribution is -2.44. The third-order valence-electron chi connectivity index (χ3n) is 2.88. The van der Waals surface area contributed by atoms with Crippen molar-refractivity contribution in [2.45, 2.75) is 19.4 Å². The van der Waals surface area contributed by atoms with Crippen molar-refractivity contribution in [3.05, 3.63) is 30.1 Å². The lowest BCUT2D eigenvalue weighted by Gasteiger charge is -2.30. The van der Waals surface area contributed by atoms with Crippen LogP contribution in [-0.2, 0) is 4.79 Å². The summed E-state index contributed by atoms with van der Waals surface area (Å²) in [7, 11) is 0. The Balaban J connectivity index is 2.35. The maximum Gasteiger partial charge on any atom is 0.243 e. The number of benzene rings is 1. The van der Waals surface area contributed by atoms with Crippen LogP contribution < -0.4 is 5.01 Å². The predicted molar refractivity (Wildman–Crippen MR) is 61.8 cm³/mol. The molecular formula is C12H15FN2O2. The molecule has 92 valence electrons. The number of β-amino-alcohol motifs (C(OH)–C–C–N with tert-alkyl or cyclic N) is 1. The molecule has 1 fully saturated rings. The molecule has 1 unspecified atom stereocenters. The summed E-state index contributed by atoms with van der Waals surface area (Å²) in [5.41, 5.74) is 0.246. The van der Waals surface area contributed by atoms with Crippen LogP contribution in [0.15, 0.2) is 24.3 Å². The highest BCUT2D eigenvalue weighted by Crippen LogP contribution is 2.28. The molecule has 17 heavy (non-hydrogen) atoms. The van der Waals surface area contributed by atoms with Gasteiger partial charge in [-0.05, 0) is 19.1 Å². The Bertz CT molecular complexity index is 425. The average molecular weight is 238 g/mol. The van der Waals surface area contributed by atoms with Crippen molar-refractivity contribution in [3.8, 4) is 0 Å². The molecule has 1 amide bonds. The van der Waals surface area contributed by atoms with E-state index in [1.807, 2.05) is 6.92 Å². The van der Waals surface area contributed by atoms with Crippen LogP contribution in [0.25, 0.3) is 0 Å². The third kappa shape index (κ3) is 2.16. The minimum atomic E-state index is -0.433. The van der Waals surface area contributed by atoms with Gasteiger partial charge in [0.1, 0.15) is 5.82 Å². The normalized spacial score (nSPS) is 21.2. The van der Waals surface area contributed by atoms with Crippen molar-refractivity contribution in [1.82, 2.24) is 5.01 Å². The molecule has 4 nitrogen and oxygen atoms in total. The Morgan fingerprint density at radius 3 is 2.82 bits per heavy atom. The number of carbonyl (C=O) groups excluding carboxylic acids is 1. The summed E-state index contributed by atoms with van der Waals surface area (Å²) in [6.07, 6.45) is 0.342. The highest BCUT2D eigenvalue weighted by Gasteiger charge is 2.36. The van der Waals surface area contributed by atoms with Crippen LogP contribution in [-0.4, -0.2) is 35.2 Å². The number of aliphatic hydroxyl groups is 1. The zero-order chi connectivity index (χ0) is 12.4. The van der Waals surface area contributed by atoms with E-state index >= 15 is 0 Å². The van der Waals surface area contributed by atoms with Crippen molar-refractivity contribution >= 4 is 11.6 Å². The molecule has 0 bridgehead atoms. The Kier molecular flexibility index (Phi) is 3.40. The number of nitrogens with zero attached hydrogens (tertiary/aromatic N) is 2. The van der Waals surface area contributed by atoms with Gasteiger partial charge in [-0.15, -0.1) is 0 Å². The highest BCUT2D eigenvalue weighted by atomic mass is 19.1. The van der Waals surface area contributed by atoms with Gasteiger partial charge >= 0.3 is 0 Å². The highest BCUT2D eigenvalue weighted by molar-refractivity contribution is 5.94. The first-order chi connectivity index (χ1) is 8.15. The van der Waals surface area contributed by atoms with Gasteiger partial charge in [0, 0.05) is 19.0 Å². The number of para-hydroxylation sites is 1. The second kappa shape index (κ2) is 4.81. The maximum atomic E-state index is 13.7. The van der Waals surface area contributed by atoms with Crippen LogP contribution >= 0.6 is 0 Å². The minimum Gasteiger partial charge on any atom is -0.395 e. The van der Waals surface area contributed by atoms with E-state index in [-0.39, 0.29) is 24.2 Å². The summed E-state index contributed by atoms with van der Waals surface area (Å²) in [5, 5.41) is 12.0. The summed E-state index contributed by atoms with van der Waals surface area (Å²) in [6.45, 7) is 2.14. The number of hydrogen-bond donors (Lipinski definition) is 1. The van der Waals surface area contributed by atoms with E-state index in [2.05, 4.69) is 0 Å². The topological polar surface area (TPSA) is 43.8 Å². The van der Waals surface area contributed by atoms with E-state index in [1.165, 1.54) is 11.1 Å². The van der Waals surface area contributed by atoms with Gasteiger partial charge in [0.15, 0.2) is 0 Å². The lowest BCUT2D eigenvalue weighted by molar-refractivity contribution is -0.118. The molecule has 1 aliphatic rings. The van der Waals surface area contributed by atoms with Crippen LogP contribution in [0.5, 0.6) is 0 Å². The first-order valence-electron chi connectivity index (χ1n) is 5.60. The molecule has 1 atom stereocenters. The first kappa shape index (κ1) is 12.0. The smallest absolute Gasteiger partial charge is 0.243 e. The molecule has 1 aliphatic heterocycles. The maximum absolute atomic E-state index is 13.7. The standard InChI is InChI=1S/C12H15FN2O2/c1-9-8-12(17)15(14(9)6-7-16)11-5-3-2-4-10(11)13/h2-5,9,16H,6-8H2,1H3. The number of rotatable bonds is 3. The van der Waals surface area contributed by atoms with E-state index in [0.29, 0.717) is 13.0 Å². The summed E-state index contributed by atoms with van der Waals surface area (Å²) < 4.78 is 13.7. The fraction of sp³-hybridized carbons (Fsp3) is 0.417. The molecule has 2 rings (SSSR count). The summed E-state index contributed by atoms with van der Waals surface area (Å²) in [4.78, 5) is 11.9. The Hall–Kier alpha value is -1.46. The molecule has 1 aromatic rings. The lowest BCUT2D eigenvalue weighted by atomic mass is 10.2. The van der Waals surface area contributed by atoms with Crippen molar-refractivity contribution in [1.29, 1.82) is 0 Å². The SMILES string of the molecule is CC1CC(=O)N(c2ccccc2F)N1CCO. The Labute approximate surface area is 99.2 Å². The third-order valence-corrected chi connectivity index (χ3v) is 2.88. The zero-order valence-corrected chi connectivity index (χ0v) is 9.64. The van der Waals surface area contributed by atoms with Crippen LogP contribution in [0, 0.1) is 5.82 Å². The molecule has 5 heteroatoms. The van der Waals surface area contributed by atoms with Crippen molar-refractivity contribution < 1.29 is 14.3 Å². The van der Waals surface area contributed by atoms with Crippen molar-refractivity contribution in [2.75, 3.05) is 18.2 Å². The second-order valence-electron chi connectivity index (χ2n) is 4.10. The van der Waals surface area contributed by atoms with Gasteiger partial charge in [0.05, 0.1) is 12.3 Å². The monoisotopic (exact) mass is 238 g/mol. The van der Waals surface area contributed by atoms with E-state index < -0.39 is 5.82 Å². The van der Waals surface area contributed by atoms with Crippen molar-refractivity contribution in [2.24, 2.45) is 0 Å². The average Bonchev–Trinajstić information content (AvgIpc) is 2.56. The quantitative estimate of drug-likeness (QED) is 0.859. The Morgan fingerprint density at radius 1 is 1.47 bits per heavy atom. The summed E-state index contributed by atoms with van der Waals surface area (Å²) in [5.74, 6) is -0.575. The molecule has 1 heterocycles. The second-order valence-corrected chi connectivity index (χ2v) is 4.10. The molecule has 1 saturated heterocycles. The summed E-state index contributed by atoms with van der Waals surface area (Å²) >= 11 is 0. The van der Waals surface area contributed by atoms with Crippen LogP contribution in [0.2, 0.25) is 0 Å². The van der Waals surface area contributed by atoms with Crippen LogP contribution in [0.1, 0.15) is 13.3 Å². The van der Waals surface area contributed by atoms with Gasteiger partial charge in [-0.1, -0.05) is 12.1 Å². The fourth-order valence-corrected chi connectivity index (χ4v) is 2.10. The molecule has 0 spiro atoms. The Morgan fingerprint density at radius 2 is 2.18 bits per heavy atom. The van der Waals surface area contributed by atoms with E-state index in [0.717, 1.165) is 0 Å². The number of carbonyl (C=O) groups is 1. The van der Waals surface area contributed by atoms with Gasteiger partial charge in [-0.2, -0.15) is 0 Å². The van der Waals surface area contributed by atoms with Gasteiger partial charge in [0.25, 0.3) is 0 Å². The summed E-state index contributed by atoms with van der Waals surface area (Å²) in [6, 6.07) is 6.14. The van der Waals surface area contributed by atoms with Gasteiger partial charge in [0.2, 0.25) is 5.91 Å². The molecule has 0 aromatic heterocycles. The van der Waals surface area contributed by atoms with Gasteiger partial charge < -0.3 is 5.11 Å². The fourth-order valence-electron chi connectivity index (χ4n) is 2.10. The van der Waals surface area contributed by atoms with Crippen LogP contribution in [0.4, 0.5) is 10.1 Å². The first-order valence-corrected chi connectivity index (χ1v) is 5.60. The number of aliphatic hydroxyl groups excluding tert-OH is 1. The molecule has 0 aliphatic carbocycles. The van der Waals surface area contributed by atoms with E-state index in [1.54, 1.807) is 23.2 Å². The molecule has 1 aromatic carbocycles. The largest absolute Gasteiger partial charge is 0.395 e. The number of amides is 1. The number of halogens is 1. The minimum absolute atomic E-state index is 0.0192. The van der Waals surface area contributed by atoms with Crippen LogP contribution in [0.3, 0.4) is 0 Å². The zero-order valence-electron chi connectivity index (χ0n) is 9.64. The molecule has 1 N–H and O–H groups in total. The van der Waals surface area contributed by atoms with Gasteiger partial charge in [-0.25, -0.2) is 14.4 Å².